The van der Waals surface area contributed by atoms with Crippen LogP contribution in [0.5, 0.6) is 0 Å². The summed E-state index contributed by atoms with van der Waals surface area (Å²) in [6.07, 6.45) is 2.64. The Labute approximate surface area is 76.6 Å². The lowest BCUT2D eigenvalue weighted by Gasteiger charge is -2.15. The summed E-state index contributed by atoms with van der Waals surface area (Å²) in [5.41, 5.74) is 0. The van der Waals surface area contributed by atoms with E-state index in [9.17, 15) is 9.36 Å². The lowest BCUT2D eigenvalue weighted by Crippen LogP contribution is -2.15. The van der Waals surface area contributed by atoms with Crippen molar-refractivity contribution < 1.29 is 23.9 Å². The van der Waals surface area contributed by atoms with Gasteiger partial charge in [0.15, 0.2) is 0 Å². The van der Waals surface area contributed by atoms with E-state index in [0.717, 1.165) is 6.08 Å². The Morgan fingerprint density at radius 1 is 1.62 bits per heavy atom. The Hall–Kier alpha value is -0.640. The average Bonchev–Trinajstić information content (AvgIpc) is 1.98. The van der Waals surface area contributed by atoms with Crippen LogP contribution in [0.4, 0.5) is 0 Å². The molecule has 0 rings (SSSR count). The molecule has 0 fully saturated rings. The van der Waals surface area contributed by atoms with Crippen LogP contribution < -0.4 is 0 Å². The summed E-state index contributed by atoms with van der Waals surface area (Å²) >= 11 is 0. The van der Waals surface area contributed by atoms with Gasteiger partial charge in [0.25, 0.3) is 0 Å². The molecule has 0 aromatic heterocycles. The first-order valence-corrected chi connectivity index (χ1v) is 5.48. The van der Waals surface area contributed by atoms with Crippen LogP contribution in [0.1, 0.15) is 20.3 Å². The van der Waals surface area contributed by atoms with Crippen molar-refractivity contribution in [2.45, 2.75) is 26.1 Å². The maximum Gasteiger partial charge on any atom is 0.365 e. The number of hydrogen-bond donors (Lipinski definition) is 2. The highest BCUT2D eigenvalue weighted by Crippen LogP contribution is 2.43. The maximum atomic E-state index is 10.8. The molecule has 0 spiro atoms. The fourth-order valence-electron chi connectivity index (χ4n) is 0.699. The summed E-state index contributed by atoms with van der Waals surface area (Å²) in [5, 5.41) is 0. The molecule has 0 amide bonds. The Morgan fingerprint density at radius 2 is 2.15 bits per heavy atom. The van der Waals surface area contributed by atoms with Crippen molar-refractivity contribution in [2.75, 3.05) is 0 Å². The second-order valence-corrected chi connectivity index (χ2v) is 4.14. The first-order chi connectivity index (χ1) is 5.91. The molecule has 0 heterocycles. The number of carbonyl (C=O) groups excluding carboxylic acids is 1. The fraction of sp³-hybridized carbons (Fsp3) is 0.571. The number of ether oxygens (including phenoxy) is 1. The smallest absolute Gasteiger partial charge is 0.365 e. The molecule has 13 heavy (non-hydrogen) atoms. The van der Waals surface area contributed by atoms with Crippen molar-refractivity contribution in [3.05, 3.63) is 12.2 Å². The molecule has 0 aliphatic rings. The number of rotatable bonds is 4. The Balaban J connectivity index is 4.31. The molecular weight excluding hydrogens is 195 g/mol. The monoisotopic (exact) mass is 208 g/mol. The largest absolute Gasteiger partial charge is 0.446 e. The molecule has 0 bridgehead atoms. The highest BCUT2D eigenvalue weighted by molar-refractivity contribution is 7.52. The van der Waals surface area contributed by atoms with Gasteiger partial charge in [0.2, 0.25) is 5.85 Å². The molecule has 0 saturated carbocycles. The molecule has 0 aromatic carbocycles. The highest BCUT2D eigenvalue weighted by Gasteiger charge is 2.29. The lowest BCUT2D eigenvalue weighted by atomic mass is 10.5. The average molecular weight is 208 g/mol. The van der Waals surface area contributed by atoms with Gasteiger partial charge in [-0.1, -0.05) is 13.0 Å². The van der Waals surface area contributed by atoms with Crippen molar-refractivity contribution in [3.8, 4) is 0 Å². The number of allylic oxidation sites excluding steroid dienone is 1. The van der Waals surface area contributed by atoms with Crippen molar-refractivity contribution in [3.63, 3.8) is 0 Å². The summed E-state index contributed by atoms with van der Waals surface area (Å²) in [5.74, 6) is -2.08. The fourth-order valence-corrected chi connectivity index (χ4v) is 1.42. The minimum absolute atomic E-state index is 0.0908. The van der Waals surface area contributed by atoms with Crippen molar-refractivity contribution >= 4 is 13.6 Å². The van der Waals surface area contributed by atoms with Crippen molar-refractivity contribution in [1.82, 2.24) is 0 Å². The zero-order valence-corrected chi connectivity index (χ0v) is 8.40. The molecule has 1 unspecified atom stereocenters. The molecule has 0 saturated heterocycles. The van der Waals surface area contributed by atoms with Gasteiger partial charge < -0.3 is 14.5 Å². The SMILES string of the molecule is CC=CC(=O)OC(CC)P(=O)(O)O. The van der Waals surface area contributed by atoms with E-state index in [4.69, 9.17) is 9.79 Å². The van der Waals surface area contributed by atoms with E-state index < -0.39 is 19.4 Å². The summed E-state index contributed by atoms with van der Waals surface area (Å²) < 4.78 is 15.2. The van der Waals surface area contributed by atoms with E-state index in [1.54, 1.807) is 6.92 Å². The molecule has 0 aromatic rings. The topological polar surface area (TPSA) is 83.8 Å². The van der Waals surface area contributed by atoms with E-state index in [0.29, 0.717) is 0 Å². The Kier molecular flexibility index (Phi) is 4.91. The second kappa shape index (κ2) is 5.17. The summed E-state index contributed by atoms with van der Waals surface area (Å²) in [7, 11) is -4.33. The third-order valence-electron chi connectivity index (χ3n) is 1.28. The maximum absolute atomic E-state index is 10.8. The molecule has 0 radical (unpaired) electrons. The molecule has 0 aliphatic carbocycles. The normalized spacial score (nSPS) is 14.5. The molecule has 0 aliphatic heterocycles. The van der Waals surface area contributed by atoms with Gasteiger partial charge in [-0.3, -0.25) is 4.57 Å². The first-order valence-electron chi connectivity index (χ1n) is 3.80. The molecule has 76 valence electrons. The second-order valence-electron chi connectivity index (χ2n) is 2.39. The van der Waals surface area contributed by atoms with Crippen LogP contribution in [0.3, 0.4) is 0 Å². The zero-order chi connectivity index (χ0) is 10.5. The third-order valence-corrected chi connectivity index (χ3v) is 2.50. The standard InChI is InChI=1S/C7H13O5P/c1-3-5-6(8)12-7(4-2)13(9,10)11/h3,5,7H,4H2,1-2H3,(H2,9,10,11). The van der Waals surface area contributed by atoms with Crippen molar-refractivity contribution in [2.24, 2.45) is 0 Å². The quantitative estimate of drug-likeness (QED) is 0.409. The van der Waals surface area contributed by atoms with E-state index >= 15 is 0 Å². The minimum atomic E-state index is -4.33. The van der Waals surface area contributed by atoms with Crippen LogP contribution in [-0.2, 0) is 14.1 Å². The van der Waals surface area contributed by atoms with Gasteiger partial charge in [-0.15, -0.1) is 0 Å². The molecular formula is C7H13O5P. The summed E-state index contributed by atoms with van der Waals surface area (Å²) in [6.45, 7) is 3.15. The van der Waals surface area contributed by atoms with Gasteiger partial charge in [-0.05, 0) is 13.3 Å². The van der Waals surface area contributed by atoms with Gasteiger partial charge in [0.1, 0.15) is 0 Å². The van der Waals surface area contributed by atoms with Gasteiger partial charge in [0, 0.05) is 6.08 Å². The first kappa shape index (κ1) is 12.4. The zero-order valence-electron chi connectivity index (χ0n) is 7.51. The summed E-state index contributed by atoms with van der Waals surface area (Å²) in [6, 6.07) is 0. The lowest BCUT2D eigenvalue weighted by molar-refractivity contribution is -0.140. The Morgan fingerprint density at radius 3 is 2.46 bits per heavy atom. The van der Waals surface area contributed by atoms with Crippen LogP contribution in [0.15, 0.2) is 12.2 Å². The van der Waals surface area contributed by atoms with Crippen LogP contribution in [0.2, 0.25) is 0 Å². The highest BCUT2D eigenvalue weighted by atomic mass is 31.2. The van der Waals surface area contributed by atoms with E-state index in [2.05, 4.69) is 4.74 Å². The van der Waals surface area contributed by atoms with Crippen molar-refractivity contribution in [1.29, 1.82) is 0 Å². The van der Waals surface area contributed by atoms with Gasteiger partial charge >= 0.3 is 13.6 Å². The number of esters is 1. The predicted octanol–water partition coefficient (Wildman–Crippen LogP) is 1.02. The molecule has 1 atom stereocenters. The molecule has 6 heteroatoms. The van der Waals surface area contributed by atoms with Gasteiger partial charge in [-0.2, -0.15) is 0 Å². The molecule has 2 N–H and O–H groups in total. The Bertz CT molecular complexity index is 241. The predicted molar refractivity (Wildman–Crippen MR) is 47.0 cm³/mol. The van der Waals surface area contributed by atoms with Gasteiger partial charge in [-0.25, -0.2) is 4.79 Å². The third kappa shape index (κ3) is 4.83. The van der Waals surface area contributed by atoms with E-state index in [-0.39, 0.29) is 6.42 Å². The molecule has 5 nitrogen and oxygen atoms in total. The van der Waals surface area contributed by atoms with E-state index in [1.165, 1.54) is 13.0 Å². The van der Waals surface area contributed by atoms with Crippen LogP contribution in [-0.4, -0.2) is 21.6 Å². The summed E-state index contributed by atoms with van der Waals surface area (Å²) in [4.78, 5) is 28.2. The van der Waals surface area contributed by atoms with Crippen LogP contribution >= 0.6 is 7.60 Å². The van der Waals surface area contributed by atoms with Gasteiger partial charge in [0.05, 0.1) is 0 Å². The van der Waals surface area contributed by atoms with Crippen LogP contribution in [0, 0.1) is 0 Å². The van der Waals surface area contributed by atoms with Crippen LogP contribution in [0.25, 0.3) is 0 Å². The van der Waals surface area contributed by atoms with E-state index in [1.807, 2.05) is 0 Å². The minimum Gasteiger partial charge on any atom is -0.446 e. The number of hydrogen-bond acceptors (Lipinski definition) is 3. The number of carbonyl (C=O) groups is 1.